The molecule has 1 aliphatic heterocycles. The summed E-state index contributed by atoms with van der Waals surface area (Å²) in [5.41, 5.74) is 3.77. The van der Waals surface area contributed by atoms with Crippen LogP contribution in [0.2, 0.25) is 0 Å². The zero-order chi connectivity index (χ0) is 22.0. The van der Waals surface area contributed by atoms with Crippen molar-refractivity contribution in [2.45, 2.75) is 40.2 Å². The molecule has 0 bridgehead atoms. The molecular weight excluding hydrogens is 410 g/mol. The number of fused-ring (bicyclic) bond motifs is 1. The van der Waals surface area contributed by atoms with Crippen LogP contribution in [-0.2, 0) is 4.74 Å². The van der Waals surface area contributed by atoms with Crippen molar-refractivity contribution in [2.24, 2.45) is 0 Å². The van der Waals surface area contributed by atoms with E-state index in [0.29, 0.717) is 12.2 Å². The maximum Gasteiger partial charge on any atom is 0.280 e. The van der Waals surface area contributed by atoms with Gasteiger partial charge in [-0.1, -0.05) is 23.5 Å². The van der Waals surface area contributed by atoms with Gasteiger partial charge in [-0.2, -0.15) is 5.10 Å². The van der Waals surface area contributed by atoms with Crippen molar-refractivity contribution < 1.29 is 9.53 Å². The van der Waals surface area contributed by atoms with E-state index in [4.69, 9.17) is 9.72 Å². The Balaban J connectivity index is 1.60. The highest BCUT2D eigenvalue weighted by Gasteiger charge is 2.24. The normalized spacial score (nSPS) is 15.1. The summed E-state index contributed by atoms with van der Waals surface area (Å²) in [6.45, 7) is 13.3. The fraction of sp³-hybridized carbons (Fsp3) is 0.522. The highest BCUT2D eigenvalue weighted by molar-refractivity contribution is 7.22. The van der Waals surface area contributed by atoms with Crippen LogP contribution in [0.4, 0.5) is 5.13 Å². The third kappa shape index (κ3) is 4.81. The van der Waals surface area contributed by atoms with Crippen LogP contribution in [-0.4, -0.2) is 65.0 Å². The molecule has 0 N–H and O–H groups in total. The van der Waals surface area contributed by atoms with Gasteiger partial charge in [0.05, 0.1) is 23.4 Å². The molecule has 0 atom stereocenters. The number of ether oxygens (including phenoxy) is 1. The van der Waals surface area contributed by atoms with Gasteiger partial charge >= 0.3 is 0 Å². The van der Waals surface area contributed by atoms with Gasteiger partial charge in [0.25, 0.3) is 5.91 Å². The lowest BCUT2D eigenvalue weighted by Crippen LogP contribution is -2.39. The molecule has 1 fully saturated rings. The van der Waals surface area contributed by atoms with Crippen molar-refractivity contribution in [1.82, 2.24) is 19.7 Å². The van der Waals surface area contributed by atoms with Gasteiger partial charge in [0.2, 0.25) is 0 Å². The van der Waals surface area contributed by atoms with Crippen LogP contribution in [0.5, 0.6) is 0 Å². The number of amides is 1. The minimum Gasteiger partial charge on any atom is -0.379 e. The molecule has 7 nitrogen and oxygen atoms in total. The Labute approximate surface area is 187 Å². The largest absolute Gasteiger partial charge is 0.379 e. The van der Waals surface area contributed by atoms with Gasteiger partial charge in [-0.25, -0.2) is 4.98 Å². The minimum atomic E-state index is -0.0873. The topological polar surface area (TPSA) is 63.5 Å². The summed E-state index contributed by atoms with van der Waals surface area (Å²) in [6, 6.07) is 6.23. The van der Waals surface area contributed by atoms with E-state index in [2.05, 4.69) is 49.8 Å². The number of nitrogens with zero attached hydrogens (tertiary/aromatic N) is 5. The monoisotopic (exact) mass is 441 g/mol. The van der Waals surface area contributed by atoms with Crippen molar-refractivity contribution in [1.29, 1.82) is 0 Å². The molecule has 1 aromatic carbocycles. The predicted molar refractivity (Wildman–Crippen MR) is 125 cm³/mol. The first-order chi connectivity index (χ1) is 14.9. The van der Waals surface area contributed by atoms with Gasteiger partial charge in [0, 0.05) is 38.4 Å². The van der Waals surface area contributed by atoms with Gasteiger partial charge in [-0.15, -0.1) is 0 Å². The van der Waals surface area contributed by atoms with E-state index in [1.54, 1.807) is 17.4 Å². The summed E-state index contributed by atoms with van der Waals surface area (Å²) in [7, 11) is 0. The van der Waals surface area contributed by atoms with Crippen LogP contribution >= 0.6 is 11.3 Å². The first kappa shape index (κ1) is 21.9. The molecule has 3 aromatic rings. The fourth-order valence-electron chi connectivity index (χ4n) is 3.80. The number of morpholine rings is 1. The fourth-order valence-corrected chi connectivity index (χ4v) is 4.94. The van der Waals surface area contributed by atoms with Crippen LogP contribution < -0.4 is 4.90 Å². The standard InChI is InChI=1S/C23H31N5O2S/c1-16(2)28-11-8-19(25-28)22(29)27(10-5-9-26-12-14-30-15-13-26)23-24-20-17(3)6-7-18(4)21(20)31-23/h6-8,11,16H,5,9-10,12-15H2,1-4H3. The Kier molecular flexibility index (Phi) is 6.69. The molecule has 8 heteroatoms. The van der Waals surface area contributed by atoms with E-state index in [1.807, 2.05) is 15.8 Å². The second-order valence-corrected chi connectivity index (χ2v) is 9.39. The van der Waals surface area contributed by atoms with Crippen molar-refractivity contribution in [2.75, 3.05) is 44.3 Å². The number of thiazole rings is 1. The van der Waals surface area contributed by atoms with Crippen LogP contribution in [0.1, 0.15) is 47.9 Å². The number of aromatic nitrogens is 3. The molecule has 3 heterocycles. The predicted octanol–water partition coefficient (Wildman–Crippen LogP) is 4.06. The second-order valence-electron chi connectivity index (χ2n) is 8.41. The summed E-state index contributed by atoms with van der Waals surface area (Å²) in [5.74, 6) is -0.0873. The third-order valence-corrected chi connectivity index (χ3v) is 6.94. The number of aryl methyl sites for hydroxylation is 2. The van der Waals surface area contributed by atoms with E-state index in [0.717, 1.165) is 60.2 Å². The summed E-state index contributed by atoms with van der Waals surface area (Å²) < 4.78 is 8.42. The number of benzene rings is 1. The van der Waals surface area contributed by atoms with Gasteiger partial charge in [-0.3, -0.25) is 19.3 Å². The molecule has 0 aliphatic carbocycles. The Morgan fingerprint density at radius 1 is 1.19 bits per heavy atom. The van der Waals surface area contributed by atoms with Crippen molar-refractivity contribution in [3.8, 4) is 0 Å². The molecule has 166 valence electrons. The zero-order valence-corrected chi connectivity index (χ0v) is 19.6. The summed E-state index contributed by atoms with van der Waals surface area (Å²) >= 11 is 1.59. The van der Waals surface area contributed by atoms with Crippen molar-refractivity contribution in [3.05, 3.63) is 41.2 Å². The lowest BCUT2D eigenvalue weighted by Gasteiger charge is -2.27. The number of hydrogen-bond donors (Lipinski definition) is 0. The molecule has 1 amide bonds. The Morgan fingerprint density at radius 2 is 1.94 bits per heavy atom. The highest BCUT2D eigenvalue weighted by atomic mass is 32.1. The smallest absolute Gasteiger partial charge is 0.280 e. The molecule has 1 saturated heterocycles. The molecular formula is C23H31N5O2S. The average molecular weight is 442 g/mol. The number of hydrogen-bond acceptors (Lipinski definition) is 6. The molecule has 1 aliphatic rings. The lowest BCUT2D eigenvalue weighted by molar-refractivity contribution is 0.0376. The van der Waals surface area contributed by atoms with Crippen LogP contribution in [0.25, 0.3) is 10.2 Å². The van der Waals surface area contributed by atoms with Crippen LogP contribution in [0, 0.1) is 13.8 Å². The van der Waals surface area contributed by atoms with Crippen molar-refractivity contribution in [3.63, 3.8) is 0 Å². The van der Waals surface area contributed by atoms with Gasteiger partial charge in [0.1, 0.15) is 0 Å². The quantitative estimate of drug-likeness (QED) is 0.553. The Hall–Kier alpha value is -2.29. The second kappa shape index (κ2) is 9.46. The summed E-state index contributed by atoms with van der Waals surface area (Å²) in [5, 5.41) is 5.27. The maximum absolute atomic E-state index is 13.5. The first-order valence-electron chi connectivity index (χ1n) is 11.0. The first-order valence-corrected chi connectivity index (χ1v) is 11.8. The molecule has 0 saturated carbocycles. The average Bonchev–Trinajstić information content (AvgIpc) is 3.43. The SMILES string of the molecule is Cc1ccc(C)c2sc(N(CCCN3CCOCC3)C(=O)c3ccn(C(C)C)n3)nc12. The Bertz CT molecular complexity index is 1010. The maximum atomic E-state index is 13.5. The molecule has 0 unspecified atom stereocenters. The zero-order valence-electron chi connectivity index (χ0n) is 18.8. The lowest BCUT2D eigenvalue weighted by atomic mass is 10.1. The molecule has 31 heavy (non-hydrogen) atoms. The minimum absolute atomic E-state index is 0.0873. The number of carbonyl (C=O) groups excluding carboxylic acids is 1. The van der Waals surface area contributed by atoms with Crippen LogP contribution in [0.15, 0.2) is 24.4 Å². The van der Waals surface area contributed by atoms with Gasteiger partial charge in [0.15, 0.2) is 10.8 Å². The molecule has 0 spiro atoms. The number of rotatable bonds is 7. The van der Waals surface area contributed by atoms with Gasteiger partial charge < -0.3 is 4.74 Å². The molecule has 2 aromatic heterocycles. The molecule has 0 radical (unpaired) electrons. The number of carbonyl (C=O) groups is 1. The number of anilines is 1. The van der Waals surface area contributed by atoms with Crippen LogP contribution in [0.3, 0.4) is 0 Å². The Morgan fingerprint density at radius 3 is 2.61 bits per heavy atom. The third-order valence-electron chi connectivity index (χ3n) is 5.72. The van der Waals surface area contributed by atoms with E-state index >= 15 is 0 Å². The van der Waals surface area contributed by atoms with E-state index in [9.17, 15) is 4.79 Å². The van der Waals surface area contributed by atoms with E-state index in [1.165, 1.54) is 5.56 Å². The van der Waals surface area contributed by atoms with E-state index in [-0.39, 0.29) is 11.9 Å². The molecule has 4 rings (SSSR count). The highest BCUT2D eigenvalue weighted by Crippen LogP contribution is 2.33. The summed E-state index contributed by atoms with van der Waals surface area (Å²) in [6.07, 6.45) is 2.75. The van der Waals surface area contributed by atoms with Crippen molar-refractivity contribution >= 4 is 32.6 Å². The van der Waals surface area contributed by atoms with E-state index < -0.39 is 0 Å². The van der Waals surface area contributed by atoms with Gasteiger partial charge in [-0.05, 0) is 51.3 Å². The summed E-state index contributed by atoms with van der Waals surface area (Å²) in [4.78, 5) is 22.6.